The number of benzene rings is 1. The maximum absolute atomic E-state index is 11.8. The SMILES string of the molecule is O=C(CCCNC(=O)c1ccccc1)NCc1nc(C(=O)O)cs1. The summed E-state index contributed by atoms with van der Waals surface area (Å²) in [4.78, 5) is 38.1. The molecule has 0 spiro atoms. The number of aromatic nitrogens is 1. The minimum atomic E-state index is -1.09. The zero-order chi connectivity index (χ0) is 17.4. The summed E-state index contributed by atoms with van der Waals surface area (Å²) in [6.45, 7) is 0.606. The summed E-state index contributed by atoms with van der Waals surface area (Å²) >= 11 is 1.19. The van der Waals surface area contributed by atoms with Crippen LogP contribution in [0.3, 0.4) is 0 Å². The molecule has 126 valence electrons. The molecule has 0 fully saturated rings. The Morgan fingerprint density at radius 2 is 1.88 bits per heavy atom. The van der Waals surface area contributed by atoms with Gasteiger partial charge in [0.15, 0.2) is 5.69 Å². The predicted molar refractivity (Wildman–Crippen MR) is 88.9 cm³/mol. The average Bonchev–Trinajstić information content (AvgIpc) is 3.07. The van der Waals surface area contributed by atoms with E-state index in [0.29, 0.717) is 23.5 Å². The summed E-state index contributed by atoms with van der Waals surface area (Å²) < 4.78 is 0. The van der Waals surface area contributed by atoms with Crippen molar-refractivity contribution in [1.82, 2.24) is 15.6 Å². The van der Waals surface area contributed by atoms with Gasteiger partial charge in [-0.25, -0.2) is 9.78 Å². The summed E-state index contributed by atoms with van der Waals surface area (Å²) in [6.07, 6.45) is 0.787. The molecule has 0 saturated carbocycles. The highest BCUT2D eigenvalue weighted by molar-refractivity contribution is 7.09. The van der Waals surface area contributed by atoms with Crippen LogP contribution in [0.1, 0.15) is 38.7 Å². The van der Waals surface area contributed by atoms with Crippen LogP contribution in [0.5, 0.6) is 0 Å². The van der Waals surface area contributed by atoms with E-state index in [-0.39, 0.29) is 30.5 Å². The lowest BCUT2D eigenvalue weighted by molar-refractivity contribution is -0.121. The lowest BCUT2D eigenvalue weighted by Crippen LogP contribution is -2.27. The molecule has 24 heavy (non-hydrogen) atoms. The molecule has 0 atom stereocenters. The molecule has 3 N–H and O–H groups in total. The number of carbonyl (C=O) groups excluding carboxylic acids is 2. The van der Waals surface area contributed by atoms with Gasteiger partial charge < -0.3 is 15.7 Å². The highest BCUT2D eigenvalue weighted by Gasteiger charge is 2.09. The minimum absolute atomic E-state index is 0.0205. The molecule has 2 amide bonds. The monoisotopic (exact) mass is 347 g/mol. The fraction of sp³-hybridized carbons (Fsp3) is 0.250. The molecule has 7 nitrogen and oxygen atoms in total. The molecule has 1 aromatic heterocycles. The number of rotatable bonds is 8. The number of aromatic carboxylic acids is 1. The standard InChI is InChI=1S/C16H17N3O4S/c20-13(18-9-14-19-12(10-24-14)16(22)23)7-4-8-17-15(21)11-5-2-1-3-6-11/h1-3,5-6,10H,4,7-9H2,(H,17,21)(H,18,20)(H,22,23). The lowest BCUT2D eigenvalue weighted by Gasteiger charge is -2.05. The molecule has 2 rings (SSSR count). The van der Waals surface area contributed by atoms with Crippen LogP contribution in [-0.4, -0.2) is 34.4 Å². The van der Waals surface area contributed by atoms with Crippen LogP contribution >= 0.6 is 11.3 Å². The molecule has 0 aliphatic heterocycles. The van der Waals surface area contributed by atoms with Crippen LogP contribution in [0.2, 0.25) is 0 Å². The number of amides is 2. The number of thiazole rings is 1. The Morgan fingerprint density at radius 3 is 2.54 bits per heavy atom. The number of nitrogens with zero attached hydrogens (tertiary/aromatic N) is 1. The zero-order valence-corrected chi connectivity index (χ0v) is 13.6. The van der Waals surface area contributed by atoms with Crippen molar-refractivity contribution in [3.05, 3.63) is 52.0 Å². The maximum Gasteiger partial charge on any atom is 0.355 e. The molecular weight excluding hydrogens is 330 g/mol. The Kier molecular flexibility index (Phi) is 6.44. The van der Waals surface area contributed by atoms with Gasteiger partial charge in [0, 0.05) is 23.9 Å². The third-order valence-corrected chi connectivity index (χ3v) is 3.96. The highest BCUT2D eigenvalue weighted by atomic mass is 32.1. The Hall–Kier alpha value is -2.74. The zero-order valence-electron chi connectivity index (χ0n) is 12.8. The second-order valence-corrected chi connectivity index (χ2v) is 5.88. The van der Waals surface area contributed by atoms with Gasteiger partial charge in [-0.3, -0.25) is 9.59 Å². The third kappa shape index (κ3) is 5.47. The van der Waals surface area contributed by atoms with Crippen molar-refractivity contribution < 1.29 is 19.5 Å². The van der Waals surface area contributed by atoms with E-state index in [2.05, 4.69) is 15.6 Å². The smallest absolute Gasteiger partial charge is 0.355 e. The van der Waals surface area contributed by atoms with Gasteiger partial charge in [-0.05, 0) is 18.6 Å². The molecule has 8 heteroatoms. The van der Waals surface area contributed by atoms with E-state index in [0.717, 1.165) is 0 Å². The molecule has 0 saturated heterocycles. The van der Waals surface area contributed by atoms with E-state index < -0.39 is 5.97 Å². The number of nitrogens with one attached hydrogen (secondary N) is 2. The Bertz CT molecular complexity index is 715. The van der Waals surface area contributed by atoms with Crippen molar-refractivity contribution in [1.29, 1.82) is 0 Å². The first kappa shape index (κ1) is 17.6. The molecule has 2 aromatic rings. The van der Waals surface area contributed by atoms with E-state index in [1.54, 1.807) is 24.3 Å². The van der Waals surface area contributed by atoms with E-state index in [1.165, 1.54) is 16.7 Å². The van der Waals surface area contributed by atoms with Crippen LogP contribution in [-0.2, 0) is 11.3 Å². The van der Waals surface area contributed by atoms with E-state index >= 15 is 0 Å². The van der Waals surface area contributed by atoms with Gasteiger partial charge in [0.2, 0.25) is 5.91 Å². The fourth-order valence-electron chi connectivity index (χ4n) is 1.90. The molecule has 0 aliphatic carbocycles. The van der Waals surface area contributed by atoms with Crippen molar-refractivity contribution in [2.75, 3.05) is 6.54 Å². The Balaban J connectivity index is 1.63. The van der Waals surface area contributed by atoms with Gasteiger partial charge in [-0.15, -0.1) is 11.3 Å². The summed E-state index contributed by atoms with van der Waals surface area (Å²) in [7, 11) is 0. The number of carboxylic acid groups (broad SMARTS) is 1. The van der Waals surface area contributed by atoms with Gasteiger partial charge in [0.05, 0.1) is 6.54 Å². The molecule has 0 radical (unpaired) electrons. The minimum Gasteiger partial charge on any atom is -0.476 e. The first-order valence-corrected chi connectivity index (χ1v) is 8.22. The number of hydrogen-bond acceptors (Lipinski definition) is 5. The Labute approximate surface area is 142 Å². The lowest BCUT2D eigenvalue weighted by atomic mass is 10.2. The Morgan fingerprint density at radius 1 is 1.12 bits per heavy atom. The summed E-state index contributed by atoms with van der Waals surface area (Å²) in [5, 5.41) is 16.2. The van der Waals surface area contributed by atoms with Crippen molar-refractivity contribution in [3.63, 3.8) is 0 Å². The van der Waals surface area contributed by atoms with Crippen molar-refractivity contribution in [2.24, 2.45) is 0 Å². The normalized spacial score (nSPS) is 10.2. The molecular formula is C16H17N3O4S. The fourth-order valence-corrected chi connectivity index (χ4v) is 2.60. The molecule has 0 bridgehead atoms. The van der Waals surface area contributed by atoms with Gasteiger partial charge in [-0.2, -0.15) is 0 Å². The van der Waals surface area contributed by atoms with E-state index in [4.69, 9.17) is 5.11 Å². The highest BCUT2D eigenvalue weighted by Crippen LogP contribution is 2.09. The first-order valence-electron chi connectivity index (χ1n) is 7.34. The van der Waals surface area contributed by atoms with Crippen LogP contribution in [0, 0.1) is 0 Å². The van der Waals surface area contributed by atoms with Gasteiger partial charge in [-0.1, -0.05) is 18.2 Å². The second kappa shape index (κ2) is 8.78. The summed E-state index contributed by atoms with van der Waals surface area (Å²) in [6, 6.07) is 8.86. The van der Waals surface area contributed by atoms with E-state index in [9.17, 15) is 14.4 Å². The third-order valence-electron chi connectivity index (χ3n) is 3.11. The molecule has 1 aromatic carbocycles. The largest absolute Gasteiger partial charge is 0.476 e. The van der Waals surface area contributed by atoms with Crippen LogP contribution < -0.4 is 10.6 Å². The van der Waals surface area contributed by atoms with Crippen LogP contribution in [0.4, 0.5) is 0 Å². The number of carboxylic acids is 1. The van der Waals surface area contributed by atoms with Gasteiger partial charge in [0.25, 0.3) is 5.91 Å². The number of hydrogen-bond donors (Lipinski definition) is 3. The summed E-state index contributed by atoms with van der Waals surface area (Å²) in [5.74, 6) is -1.42. The van der Waals surface area contributed by atoms with Crippen molar-refractivity contribution in [3.8, 4) is 0 Å². The average molecular weight is 347 g/mol. The molecule has 0 unspecified atom stereocenters. The summed E-state index contributed by atoms with van der Waals surface area (Å²) in [5.41, 5.74) is 0.563. The quantitative estimate of drug-likeness (QED) is 0.630. The van der Waals surface area contributed by atoms with Crippen LogP contribution in [0.25, 0.3) is 0 Å². The van der Waals surface area contributed by atoms with E-state index in [1.807, 2.05) is 6.07 Å². The first-order chi connectivity index (χ1) is 11.6. The van der Waals surface area contributed by atoms with Gasteiger partial charge in [0.1, 0.15) is 5.01 Å². The predicted octanol–water partition coefficient (Wildman–Crippen LogP) is 1.67. The topological polar surface area (TPSA) is 108 Å². The van der Waals surface area contributed by atoms with Gasteiger partial charge >= 0.3 is 5.97 Å². The van der Waals surface area contributed by atoms with Crippen molar-refractivity contribution >= 4 is 29.1 Å². The maximum atomic E-state index is 11.8. The second-order valence-electron chi connectivity index (χ2n) is 4.93. The van der Waals surface area contributed by atoms with Crippen LogP contribution in [0.15, 0.2) is 35.7 Å². The van der Waals surface area contributed by atoms with Crippen molar-refractivity contribution in [2.45, 2.75) is 19.4 Å². The molecule has 1 heterocycles. The molecule has 0 aliphatic rings. The number of carbonyl (C=O) groups is 3.